The van der Waals surface area contributed by atoms with E-state index >= 15 is 0 Å². The number of carbonyl (C=O) groups excluding carboxylic acids is 1. The number of rotatable bonds is 4. The van der Waals surface area contributed by atoms with E-state index in [0.29, 0.717) is 6.54 Å². The number of halogens is 3. The number of pyridine rings is 1. The Labute approximate surface area is 163 Å². The maximum absolute atomic E-state index is 12.7. The molecular formula is C18H19F3N4O2S. The first kappa shape index (κ1) is 19.1. The minimum atomic E-state index is -4.52. The van der Waals surface area contributed by atoms with Crippen molar-refractivity contribution in [1.82, 2.24) is 19.8 Å². The third-order valence-electron chi connectivity index (χ3n) is 5.24. The van der Waals surface area contributed by atoms with Crippen LogP contribution in [-0.2, 0) is 13.1 Å². The first-order chi connectivity index (χ1) is 13.3. The Balaban J connectivity index is 1.53. The van der Waals surface area contributed by atoms with E-state index in [2.05, 4.69) is 9.88 Å². The summed E-state index contributed by atoms with van der Waals surface area (Å²) in [5.41, 5.74) is 1.90. The fraction of sp³-hybridized carbons (Fsp3) is 0.500. The Morgan fingerprint density at radius 2 is 2.11 bits per heavy atom. The van der Waals surface area contributed by atoms with Crippen molar-refractivity contribution in [3.05, 3.63) is 50.3 Å². The first-order valence-electron chi connectivity index (χ1n) is 8.98. The highest BCUT2D eigenvalue weighted by Crippen LogP contribution is 2.35. The molecule has 6 nitrogen and oxygen atoms in total. The quantitative estimate of drug-likeness (QED) is 0.836. The van der Waals surface area contributed by atoms with Crippen molar-refractivity contribution in [2.24, 2.45) is 5.92 Å². The molecular weight excluding hydrogens is 393 g/mol. The zero-order chi connectivity index (χ0) is 19.9. The predicted octanol–water partition coefficient (Wildman–Crippen LogP) is 2.22. The molecule has 4 rings (SSSR count). The lowest BCUT2D eigenvalue weighted by molar-refractivity contribution is -0.123. The van der Waals surface area contributed by atoms with Crippen molar-refractivity contribution in [3.8, 4) is 0 Å². The molecule has 10 heteroatoms. The maximum atomic E-state index is 12.7. The number of hydrogen-bond acceptors (Lipinski definition) is 5. The van der Waals surface area contributed by atoms with Crippen LogP contribution in [0.1, 0.15) is 33.3 Å². The number of amides is 1. The average molecular weight is 412 g/mol. The van der Waals surface area contributed by atoms with E-state index in [9.17, 15) is 22.8 Å². The molecule has 28 heavy (non-hydrogen) atoms. The molecule has 1 N–H and O–H groups in total. The Morgan fingerprint density at radius 3 is 2.82 bits per heavy atom. The molecule has 0 saturated carbocycles. The minimum Gasteiger partial charge on any atom is -0.343 e. The molecule has 150 valence electrons. The van der Waals surface area contributed by atoms with Gasteiger partial charge in [-0.2, -0.15) is 13.2 Å². The van der Waals surface area contributed by atoms with E-state index in [1.54, 1.807) is 32.8 Å². The number of aromatic nitrogens is 2. The molecule has 2 atom stereocenters. The molecule has 0 radical (unpaired) electrons. The van der Waals surface area contributed by atoms with Gasteiger partial charge in [-0.15, -0.1) is 11.3 Å². The summed E-state index contributed by atoms with van der Waals surface area (Å²) in [4.78, 5) is 32.4. The van der Waals surface area contributed by atoms with Crippen LogP contribution in [0.4, 0.5) is 13.2 Å². The van der Waals surface area contributed by atoms with E-state index in [0.717, 1.165) is 31.7 Å². The van der Waals surface area contributed by atoms with E-state index < -0.39 is 24.2 Å². The molecule has 2 bridgehead atoms. The molecule has 0 aliphatic carbocycles. The van der Waals surface area contributed by atoms with Gasteiger partial charge in [-0.3, -0.25) is 19.5 Å². The highest BCUT2D eigenvalue weighted by molar-refractivity contribution is 7.09. The second-order valence-electron chi connectivity index (χ2n) is 7.35. The molecule has 1 saturated heterocycles. The van der Waals surface area contributed by atoms with Gasteiger partial charge in [-0.1, -0.05) is 0 Å². The smallest absolute Gasteiger partial charge is 0.343 e. The highest BCUT2D eigenvalue weighted by Gasteiger charge is 2.35. The number of thiazole rings is 1. The van der Waals surface area contributed by atoms with Gasteiger partial charge < -0.3 is 9.88 Å². The van der Waals surface area contributed by atoms with Crippen molar-refractivity contribution in [3.63, 3.8) is 0 Å². The fourth-order valence-electron chi connectivity index (χ4n) is 4.16. The fourth-order valence-corrected chi connectivity index (χ4v) is 4.80. The van der Waals surface area contributed by atoms with Crippen molar-refractivity contribution in [1.29, 1.82) is 0 Å². The van der Waals surface area contributed by atoms with Gasteiger partial charge >= 0.3 is 6.18 Å². The lowest BCUT2D eigenvalue weighted by Crippen LogP contribution is -2.48. The van der Waals surface area contributed by atoms with Gasteiger partial charge in [-0.05, 0) is 24.5 Å². The SMILES string of the molecule is O=C(NCC(F)(F)F)c1ccc2n(c1=O)C[C@H]1C[C@@H]2CN(Cc2cncs2)C1. The molecule has 4 heterocycles. The molecule has 2 aromatic heterocycles. The van der Waals surface area contributed by atoms with Gasteiger partial charge in [0.1, 0.15) is 12.1 Å². The maximum Gasteiger partial charge on any atom is 0.405 e. The number of fused-ring (bicyclic) bond motifs is 4. The number of piperidine rings is 1. The lowest BCUT2D eigenvalue weighted by atomic mass is 9.83. The van der Waals surface area contributed by atoms with Crippen LogP contribution in [0.3, 0.4) is 0 Å². The van der Waals surface area contributed by atoms with Crippen LogP contribution < -0.4 is 10.9 Å². The highest BCUT2D eigenvalue weighted by atomic mass is 32.1. The summed E-state index contributed by atoms with van der Waals surface area (Å²) >= 11 is 1.61. The van der Waals surface area contributed by atoms with Gasteiger partial charge in [-0.25, -0.2) is 0 Å². The van der Waals surface area contributed by atoms with Crippen molar-refractivity contribution < 1.29 is 18.0 Å². The zero-order valence-corrected chi connectivity index (χ0v) is 15.7. The van der Waals surface area contributed by atoms with Crippen LogP contribution in [0.5, 0.6) is 0 Å². The molecule has 2 aromatic rings. The number of alkyl halides is 3. The normalized spacial score (nSPS) is 22.0. The average Bonchev–Trinajstić information content (AvgIpc) is 3.13. The van der Waals surface area contributed by atoms with Crippen LogP contribution in [-0.4, -0.2) is 46.2 Å². The molecule has 2 aliphatic heterocycles. The number of hydrogen-bond donors (Lipinski definition) is 1. The van der Waals surface area contributed by atoms with Gasteiger partial charge in [0.15, 0.2) is 0 Å². The number of nitrogens with zero attached hydrogens (tertiary/aromatic N) is 3. The van der Waals surface area contributed by atoms with E-state index in [-0.39, 0.29) is 17.4 Å². The van der Waals surface area contributed by atoms with Crippen LogP contribution in [0.25, 0.3) is 0 Å². The number of carbonyl (C=O) groups is 1. The standard InChI is InChI=1S/C18H19F3N4O2S/c19-18(20,21)9-23-16(26)14-1-2-15-12-3-11(6-25(15)17(14)27)5-24(7-12)8-13-4-22-10-28-13/h1-2,4,10-12H,3,5-9H2,(H,23,26)/t11-,12+/m0/s1. The Hall–Kier alpha value is -2.20. The van der Waals surface area contributed by atoms with Crippen molar-refractivity contribution in [2.75, 3.05) is 19.6 Å². The van der Waals surface area contributed by atoms with E-state index in [1.165, 1.54) is 10.9 Å². The third-order valence-corrected chi connectivity index (χ3v) is 6.00. The zero-order valence-electron chi connectivity index (χ0n) is 14.9. The third kappa shape index (κ3) is 3.97. The van der Waals surface area contributed by atoms with Gasteiger partial charge in [0.25, 0.3) is 11.5 Å². The van der Waals surface area contributed by atoms with Crippen LogP contribution in [0, 0.1) is 5.92 Å². The second kappa shape index (κ2) is 7.32. The summed E-state index contributed by atoms with van der Waals surface area (Å²) < 4.78 is 38.6. The molecule has 0 aromatic carbocycles. The van der Waals surface area contributed by atoms with Crippen LogP contribution in [0.2, 0.25) is 0 Å². The summed E-state index contributed by atoms with van der Waals surface area (Å²) in [6.07, 6.45) is -1.68. The van der Waals surface area contributed by atoms with Crippen LogP contribution in [0.15, 0.2) is 28.6 Å². The summed E-state index contributed by atoms with van der Waals surface area (Å²) in [5.74, 6) is -0.550. The van der Waals surface area contributed by atoms with E-state index in [1.807, 2.05) is 6.20 Å². The monoisotopic (exact) mass is 412 g/mol. The Kier molecular flexibility index (Phi) is 5.00. The van der Waals surface area contributed by atoms with Crippen molar-refractivity contribution in [2.45, 2.75) is 31.6 Å². The molecule has 0 spiro atoms. The summed E-state index contributed by atoms with van der Waals surface area (Å²) in [7, 11) is 0. The molecule has 1 amide bonds. The first-order valence-corrected chi connectivity index (χ1v) is 9.86. The molecule has 2 aliphatic rings. The van der Waals surface area contributed by atoms with Crippen molar-refractivity contribution >= 4 is 17.2 Å². The van der Waals surface area contributed by atoms with E-state index in [4.69, 9.17) is 0 Å². The summed E-state index contributed by atoms with van der Waals surface area (Å²) in [6.45, 7) is 1.48. The molecule has 1 fully saturated rings. The lowest BCUT2D eigenvalue weighted by Gasteiger charge is -2.42. The van der Waals surface area contributed by atoms with Gasteiger partial charge in [0.05, 0.1) is 5.51 Å². The Morgan fingerprint density at radius 1 is 1.29 bits per heavy atom. The topological polar surface area (TPSA) is 67.2 Å². The van der Waals surface area contributed by atoms with Crippen LogP contribution >= 0.6 is 11.3 Å². The second-order valence-corrected chi connectivity index (χ2v) is 8.32. The van der Waals surface area contributed by atoms with Gasteiger partial charge in [0.2, 0.25) is 0 Å². The minimum absolute atomic E-state index is 0.167. The Bertz CT molecular complexity index is 926. The predicted molar refractivity (Wildman–Crippen MR) is 97.3 cm³/mol. The molecule has 0 unspecified atom stereocenters. The summed E-state index contributed by atoms with van der Waals surface area (Å²) in [5, 5.41) is 1.78. The number of nitrogens with one attached hydrogen (secondary N) is 1. The van der Waals surface area contributed by atoms with Gasteiger partial charge in [0, 0.05) is 48.9 Å². The number of likely N-dealkylation sites (tertiary alicyclic amines) is 1. The largest absolute Gasteiger partial charge is 0.405 e. The summed E-state index contributed by atoms with van der Waals surface area (Å²) in [6, 6.07) is 3.06.